The number of hydrogen-bond acceptors (Lipinski definition) is 5. The molecule has 90 valence electrons. The van der Waals surface area contributed by atoms with Gasteiger partial charge in [-0.25, -0.2) is 9.97 Å². The molecule has 0 fully saturated rings. The van der Waals surface area contributed by atoms with E-state index in [0.29, 0.717) is 18.2 Å². The molecule has 0 radical (unpaired) electrons. The van der Waals surface area contributed by atoms with Gasteiger partial charge in [0.15, 0.2) is 0 Å². The molecule has 0 saturated heterocycles. The first-order valence-electron chi connectivity index (χ1n) is 5.14. The van der Waals surface area contributed by atoms with Gasteiger partial charge in [-0.05, 0) is 13.8 Å². The van der Waals surface area contributed by atoms with Crippen molar-refractivity contribution in [2.75, 3.05) is 7.11 Å². The van der Waals surface area contributed by atoms with Crippen LogP contribution in [0.25, 0.3) is 0 Å². The molecular formula is C11H13N3O2S. The Balaban J connectivity index is 2.41. The summed E-state index contributed by atoms with van der Waals surface area (Å²) in [6.07, 6.45) is 1.77. The van der Waals surface area contributed by atoms with E-state index >= 15 is 0 Å². The fraction of sp³-hybridized carbons (Fsp3) is 0.364. The van der Waals surface area contributed by atoms with Gasteiger partial charge in [0.05, 0.1) is 18.7 Å². The van der Waals surface area contributed by atoms with Crippen LogP contribution < -0.4 is 10.3 Å². The average molecular weight is 251 g/mol. The van der Waals surface area contributed by atoms with E-state index in [0.717, 1.165) is 9.88 Å². The van der Waals surface area contributed by atoms with Crippen LogP contribution >= 0.6 is 11.3 Å². The SMILES string of the molecule is COc1nc(C)cc(=O)n1Cc1cnc(C)s1. The molecule has 0 N–H and O–H groups in total. The van der Waals surface area contributed by atoms with Gasteiger partial charge in [-0.3, -0.25) is 9.36 Å². The van der Waals surface area contributed by atoms with Crippen LogP contribution in [0.15, 0.2) is 17.1 Å². The normalized spacial score (nSPS) is 10.5. The maximum atomic E-state index is 11.9. The lowest BCUT2D eigenvalue weighted by molar-refractivity contribution is 0.350. The van der Waals surface area contributed by atoms with Crippen molar-refractivity contribution in [2.24, 2.45) is 0 Å². The zero-order chi connectivity index (χ0) is 12.4. The standard InChI is InChI=1S/C11H13N3O2S/c1-7-4-10(15)14(11(13-7)16-3)6-9-5-12-8(2)17-9/h4-5H,6H2,1-3H3. The smallest absolute Gasteiger partial charge is 0.299 e. The van der Waals surface area contributed by atoms with Gasteiger partial charge in [-0.1, -0.05) is 0 Å². The van der Waals surface area contributed by atoms with E-state index < -0.39 is 0 Å². The molecule has 0 amide bonds. The molecule has 0 aliphatic heterocycles. The number of aryl methyl sites for hydroxylation is 2. The summed E-state index contributed by atoms with van der Waals surface area (Å²) >= 11 is 1.56. The van der Waals surface area contributed by atoms with Crippen molar-refractivity contribution < 1.29 is 4.74 Å². The summed E-state index contributed by atoms with van der Waals surface area (Å²) in [5.41, 5.74) is 0.545. The average Bonchev–Trinajstić information content (AvgIpc) is 2.67. The van der Waals surface area contributed by atoms with Gasteiger partial charge in [-0.2, -0.15) is 0 Å². The maximum Gasteiger partial charge on any atom is 0.299 e. The number of hydrogen-bond donors (Lipinski definition) is 0. The van der Waals surface area contributed by atoms with Crippen LogP contribution in [0.1, 0.15) is 15.6 Å². The summed E-state index contributed by atoms with van der Waals surface area (Å²) in [7, 11) is 1.51. The van der Waals surface area contributed by atoms with E-state index in [9.17, 15) is 4.79 Å². The summed E-state index contributed by atoms with van der Waals surface area (Å²) < 4.78 is 6.62. The Morgan fingerprint density at radius 1 is 1.47 bits per heavy atom. The molecule has 0 aliphatic rings. The molecule has 5 nitrogen and oxygen atoms in total. The first-order valence-corrected chi connectivity index (χ1v) is 5.95. The van der Waals surface area contributed by atoms with Crippen LogP contribution in [0.2, 0.25) is 0 Å². The molecule has 0 atom stereocenters. The maximum absolute atomic E-state index is 11.9. The molecule has 2 heterocycles. The number of methoxy groups -OCH3 is 1. The van der Waals surface area contributed by atoms with Gasteiger partial charge in [-0.15, -0.1) is 11.3 Å². The predicted octanol–water partition coefficient (Wildman–Crippen LogP) is 1.37. The van der Waals surface area contributed by atoms with Gasteiger partial charge in [0.1, 0.15) is 0 Å². The molecule has 0 unspecified atom stereocenters. The second-order valence-electron chi connectivity index (χ2n) is 3.65. The second-order valence-corrected chi connectivity index (χ2v) is 4.97. The molecule has 2 aromatic heterocycles. The topological polar surface area (TPSA) is 57.0 Å². The highest BCUT2D eigenvalue weighted by molar-refractivity contribution is 7.11. The van der Waals surface area contributed by atoms with E-state index in [1.165, 1.54) is 17.7 Å². The van der Waals surface area contributed by atoms with Crippen molar-refractivity contribution in [3.63, 3.8) is 0 Å². The molecule has 0 aliphatic carbocycles. The van der Waals surface area contributed by atoms with Gasteiger partial charge in [0.2, 0.25) is 0 Å². The van der Waals surface area contributed by atoms with Gasteiger partial charge in [0, 0.05) is 22.8 Å². The Bertz CT molecular complexity index is 589. The van der Waals surface area contributed by atoms with E-state index in [-0.39, 0.29) is 5.56 Å². The molecule has 2 rings (SSSR count). The summed E-state index contributed by atoms with van der Waals surface area (Å²) in [5, 5.41) is 0.979. The van der Waals surface area contributed by atoms with Crippen LogP contribution in [0.4, 0.5) is 0 Å². The van der Waals surface area contributed by atoms with Crippen LogP contribution in [-0.2, 0) is 6.54 Å². The molecule has 6 heteroatoms. The van der Waals surface area contributed by atoms with E-state index in [1.807, 2.05) is 6.92 Å². The predicted molar refractivity (Wildman–Crippen MR) is 65.7 cm³/mol. The Morgan fingerprint density at radius 2 is 2.24 bits per heavy atom. The van der Waals surface area contributed by atoms with Gasteiger partial charge < -0.3 is 4.74 Å². The molecule has 0 bridgehead atoms. The van der Waals surface area contributed by atoms with Crippen LogP contribution in [-0.4, -0.2) is 21.6 Å². The van der Waals surface area contributed by atoms with E-state index in [2.05, 4.69) is 9.97 Å². The van der Waals surface area contributed by atoms with Crippen LogP contribution in [0.3, 0.4) is 0 Å². The van der Waals surface area contributed by atoms with Crippen molar-refractivity contribution in [3.8, 4) is 6.01 Å². The first-order chi connectivity index (χ1) is 8.10. The molecule has 17 heavy (non-hydrogen) atoms. The third kappa shape index (κ3) is 2.52. The lowest BCUT2D eigenvalue weighted by Crippen LogP contribution is -2.22. The monoisotopic (exact) mass is 251 g/mol. The Morgan fingerprint density at radius 3 is 2.82 bits per heavy atom. The summed E-state index contributed by atoms with van der Waals surface area (Å²) in [5.74, 6) is 0. The number of ether oxygens (including phenoxy) is 1. The van der Waals surface area contributed by atoms with Crippen molar-refractivity contribution in [2.45, 2.75) is 20.4 Å². The van der Waals surface area contributed by atoms with Crippen molar-refractivity contribution >= 4 is 11.3 Å². The van der Waals surface area contributed by atoms with E-state index in [1.54, 1.807) is 24.5 Å². The molecule has 0 spiro atoms. The third-order valence-corrected chi connectivity index (χ3v) is 3.16. The van der Waals surface area contributed by atoms with Crippen LogP contribution in [0.5, 0.6) is 6.01 Å². The number of thiazole rings is 1. The Labute approximate surface area is 103 Å². The largest absolute Gasteiger partial charge is 0.468 e. The number of rotatable bonds is 3. The van der Waals surface area contributed by atoms with Gasteiger partial charge >= 0.3 is 0 Å². The highest BCUT2D eigenvalue weighted by atomic mass is 32.1. The van der Waals surface area contributed by atoms with Crippen LogP contribution in [0, 0.1) is 13.8 Å². The highest BCUT2D eigenvalue weighted by Crippen LogP contribution is 2.14. The minimum atomic E-state index is -0.111. The van der Waals surface area contributed by atoms with Crippen molar-refractivity contribution in [1.29, 1.82) is 0 Å². The first kappa shape index (κ1) is 11.8. The summed E-state index contributed by atoms with van der Waals surface area (Å²) in [6, 6.07) is 1.83. The minimum Gasteiger partial charge on any atom is -0.468 e. The lowest BCUT2D eigenvalue weighted by Gasteiger charge is -2.09. The fourth-order valence-corrected chi connectivity index (χ4v) is 2.31. The summed E-state index contributed by atoms with van der Waals surface area (Å²) in [4.78, 5) is 21.2. The molecule has 0 saturated carbocycles. The van der Waals surface area contributed by atoms with Crippen molar-refractivity contribution in [1.82, 2.24) is 14.5 Å². The minimum absolute atomic E-state index is 0.111. The summed E-state index contributed by atoms with van der Waals surface area (Å²) in [6.45, 7) is 4.15. The zero-order valence-electron chi connectivity index (χ0n) is 9.93. The Hall–Kier alpha value is -1.69. The van der Waals surface area contributed by atoms with E-state index in [4.69, 9.17) is 4.74 Å². The zero-order valence-corrected chi connectivity index (χ0v) is 10.7. The van der Waals surface area contributed by atoms with Gasteiger partial charge in [0.25, 0.3) is 11.6 Å². The fourth-order valence-electron chi connectivity index (χ4n) is 1.53. The second kappa shape index (κ2) is 4.67. The van der Waals surface area contributed by atoms with Crippen molar-refractivity contribution in [3.05, 3.63) is 38.2 Å². The lowest BCUT2D eigenvalue weighted by atomic mass is 10.4. The highest BCUT2D eigenvalue weighted by Gasteiger charge is 2.09. The number of nitrogens with zero attached hydrogens (tertiary/aromatic N) is 3. The molecule has 0 aromatic carbocycles. The molecule has 2 aromatic rings. The number of aromatic nitrogens is 3. The third-order valence-electron chi connectivity index (χ3n) is 2.27. The quantitative estimate of drug-likeness (QED) is 0.826. The molecular weight excluding hydrogens is 238 g/mol. The Kier molecular flexibility index (Phi) is 3.23.